The molecule has 0 unspecified atom stereocenters. The van der Waals surface area contributed by atoms with Gasteiger partial charge in [-0.25, -0.2) is 9.97 Å². The predicted octanol–water partition coefficient (Wildman–Crippen LogP) is 5.07. The summed E-state index contributed by atoms with van der Waals surface area (Å²) < 4.78 is 5.69. The van der Waals surface area contributed by atoms with Crippen LogP contribution >= 0.6 is 34.3 Å². The molecule has 0 bridgehead atoms. The van der Waals surface area contributed by atoms with Crippen LogP contribution in [0, 0.1) is 6.92 Å². The van der Waals surface area contributed by atoms with Gasteiger partial charge < -0.3 is 4.74 Å². The van der Waals surface area contributed by atoms with Gasteiger partial charge in [0.15, 0.2) is 4.47 Å². The van der Waals surface area contributed by atoms with Crippen LogP contribution in [0.3, 0.4) is 0 Å². The molecule has 2 heterocycles. The van der Waals surface area contributed by atoms with Gasteiger partial charge in [0.25, 0.3) is 0 Å². The molecule has 0 aliphatic carbocycles. The van der Waals surface area contributed by atoms with Gasteiger partial charge in [-0.15, -0.1) is 22.7 Å². The molecule has 0 aliphatic rings. The van der Waals surface area contributed by atoms with E-state index in [1.165, 1.54) is 22.7 Å². The smallest absolute Gasteiger partial charge is 0.203 e. The molecule has 1 aromatic carbocycles. The van der Waals surface area contributed by atoms with E-state index >= 15 is 0 Å². The van der Waals surface area contributed by atoms with Crippen molar-refractivity contribution in [3.05, 3.63) is 44.7 Å². The number of nitrogens with zero attached hydrogens (tertiary/aromatic N) is 3. The molecule has 2 aromatic heterocycles. The number of methoxy groups -OCH3 is 1. The lowest BCUT2D eigenvalue weighted by Gasteiger charge is -2.01. The van der Waals surface area contributed by atoms with Gasteiger partial charge in [0.05, 0.1) is 29.1 Å². The predicted molar refractivity (Wildman–Crippen MR) is 102 cm³/mol. The van der Waals surface area contributed by atoms with E-state index in [1.807, 2.05) is 43.5 Å². The molecule has 0 amide bonds. The number of aryl methyl sites for hydroxylation is 1. The van der Waals surface area contributed by atoms with Crippen molar-refractivity contribution in [2.45, 2.75) is 13.8 Å². The van der Waals surface area contributed by atoms with Gasteiger partial charge >= 0.3 is 0 Å². The second kappa shape index (κ2) is 7.29. The topological polar surface area (TPSA) is 59.4 Å². The summed E-state index contributed by atoms with van der Waals surface area (Å²) in [4.78, 5) is 9.72. The summed E-state index contributed by atoms with van der Waals surface area (Å²) in [6, 6.07) is 7.80. The molecule has 0 saturated carbocycles. The first kappa shape index (κ1) is 16.9. The van der Waals surface area contributed by atoms with Crippen molar-refractivity contribution in [2.75, 3.05) is 12.5 Å². The van der Waals surface area contributed by atoms with E-state index < -0.39 is 0 Å². The zero-order valence-corrected chi connectivity index (χ0v) is 15.7. The quantitative estimate of drug-likeness (QED) is 0.497. The Bertz CT molecular complexity index is 871. The molecule has 0 saturated heterocycles. The van der Waals surface area contributed by atoms with E-state index in [2.05, 4.69) is 20.5 Å². The van der Waals surface area contributed by atoms with Gasteiger partial charge in [0, 0.05) is 10.9 Å². The van der Waals surface area contributed by atoms with Gasteiger partial charge in [-0.3, -0.25) is 5.43 Å². The Labute approximate surface area is 153 Å². The molecule has 0 fully saturated rings. The molecule has 0 aliphatic heterocycles. The van der Waals surface area contributed by atoms with Gasteiger partial charge in [0.2, 0.25) is 5.13 Å². The van der Waals surface area contributed by atoms with Gasteiger partial charge in [-0.2, -0.15) is 5.10 Å². The summed E-state index contributed by atoms with van der Waals surface area (Å²) in [5.74, 6) is 0.825. The maximum atomic E-state index is 5.93. The molecule has 5 nitrogen and oxygen atoms in total. The molecule has 0 atom stereocenters. The highest BCUT2D eigenvalue weighted by Crippen LogP contribution is 2.27. The highest BCUT2D eigenvalue weighted by atomic mass is 35.5. The van der Waals surface area contributed by atoms with Crippen molar-refractivity contribution >= 4 is 45.1 Å². The minimum Gasteiger partial charge on any atom is -0.497 e. The lowest BCUT2D eigenvalue weighted by molar-refractivity contribution is 0.415. The normalized spacial score (nSPS) is 11.6. The molecule has 3 aromatic rings. The van der Waals surface area contributed by atoms with Gasteiger partial charge in [-0.1, -0.05) is 11.6 Å². The fraction of sp³-hybridized carbons (Fsp3) is 0.188. The SMILES string of the molecule is COc1ccc(-c2csc(N/N=C(\C)c3sc(Cl)nc3C)n2)cc1. The van der Waals surface area contributed by atoms with Crippen molar-refractivity contribution in [3.8, 4) is 17.0 Å². The van der Waals surface area contributed by atoms with Crippen LogP contribution in [-0.4, -0.2) is 22.8 Å². The molecule has 0 radical (unpaired) electrons. The van der Waals surface area contributed by atoms with Crippen molar-refractivity contribution in [3.63, 3.8) is 0 Å². The monoisotopic (exact) mass is 378 g/mol. The van der Waals surface area contributed by atoms with Crippen molar-refractivity contribution in [1.82, 2.24) is 9.97 Å². The lowest BCUT2D eigenvalue weighted by atomic mass is 10.2. The molecule has 0 spiro atoms. The number of hydrogen-bond acceptors (Lipinski definition) is 7. The second-order valence-electron chi connectivity index (χ2n) is 4.96. The Morgan fingerprint density at radius 2 is 2.00 bits per heavy atom. The molecule has 24 heavy (non-hydrogen) atoms. The molecular formula is C16H15ClN4OS2. The number of thiazole rings is 2. The highest BCUT2D eigenvalue weighted by Gasteiger charge is 2.09. The fourth-order valence-corrected chi connectivity index (χ4v) is 3.86. The molecule has 8 heteroatoms. The van der Waals surface area contributed by atoms with Crippen molar-refractivity contribution in [2.24, 2.45) is 5.10 Å². The van der Waals surface area contributed by atoms with Crippen LogP contribution in [0.4, 0.5) is 5.13 Å². The number of ether oxygens (including phenoxy) is 1. The van der Waals surface area contributed by atoms with Gasteiger partial charge in [0.1, 0.15) is 5.75 Å². The first-order valence-electron chi connectivity index (χ1n) is 7.10. The third-order valence-corrected chi connectivity index (χ3v) is 5.43. The summed E-state index contributed by atoms with van der Waals surface area (Å²) in [5.41, 5.74) is 6.64. The minimum absolute atomic E-state index is 0.521. The number of hydrazone groups is 1. The van der Waals surface area contributed by atoms with E-state index in [9.17, 15) is 0 Å². The Hall–Kier alpha value is -1.96. The fourth-order valence-electron chi connectivity index (χ4n) is 2.10. The summed E-state index contributed by atoms with van der Waals surface area (Å²) in [6.45, 7) is 3.84. The van der Waals surface area contributed by atoms with E-state index in [4.69, 9.17) is 16.3 Å². The van der Waals surface area contributed by atoms with Crippen LogP contribution in [0.25, 0.3) is 11.3 Å². The number of hydrogen-bond donors (Lipinski definition) is 1. The van der Waals surface area contributed by atoms with E-state index in [-0.39, 0.29) is 0 Å². The first-order valence-corrected chi connectivity index (χ1v) is 9.18. The lowest BCUT2D eigenvalue weighted by Crippen LogP contribution is -1.99. The maximum absolute atomic E-state index is 5.93. The van der Waals surface area contributed by atoms with E-state index in [0.717, 1.165) is 38.4 Å². The summed E-state index contributed by atoms with van der Waals surface area (Å²) in [5, 5.41) is 7.10. The Balaban J connectivity index is 1.73. The van der Waals surface area contributed by atoms with Gasteiger partial charge in [-0.05, 0) is 38.1 Å². The first-order chi connectivity index (χ1) is 11.6. The molecular weight excluding hydrogens is 364 g/mol. The van der Waals surface area contributed by atoms with Crippen LogP contribution in [-0.2, 0) is 0 Å². The number of aromatic nitrogens is 2. The van der Waals surface area contributed by atoms with E-state index in [1.54, 1.807) is 7.11 Å². The zero-order chi connectivity index (χ0) is 17.1. The molecule has 1 N–H and O–H groups in total. The standard InChI is InChI=1S/C16H15ClN4OS2/c1-9-14(24-15(17)18-9)10(2)20-21-16-19-13(8-23-16)11-4-6-12(22-3)7-5-11/h4-8H,1-3H3,(H,19,21)/b20-10+. The molecule has 3 rings (SSSR count). The number of rotatable bonds is 5. The third kappa shape index (κ3) is 3.75. The average molecular weight is 379 g/mol. The second-order valence-corrected chi connectivity index (χ2v) is 7.40. The minimum atomic E-state index is 0.521. The summed E-state index contributed by atoms with van der Waals surface area (Å²) >= 11 is 8.85. The van der Waals surface area contributed by atoms with Crippen LogP contribution in [0.1, 0.15) is 17.5 Å². The number of benzene rings is 1. The Kier molecular flexibility index (Phi) is 5.13. The zero-order valence-electron chi connectivity index (χ0n) is 13.3. The summed E-state index contributed by atoms with van der Waals surface area (Å²) in [7, 11) is 1.65. The van der Waals surface area contributed by atoms with E-state index in [0.29, 0.717) is 4.47 Å². The largest absolute Gasteiger partial charge is 0.497 e. The van der Waals surface area contributed by atoms with Crippen LogP contribution in [0.2, 0.25) is 4.47 Å². The number of halogens is 1. The number of anilines is 1. The molecule has 124 valence electrons. The van der Waals surface area contributed by atoms with Crippen LogP contribution < -0.4 is 10.2 Å². The third-order valence-electron chi connectivity index (χ3n) is 3.31. The Morgan fingerprint density at radius 3 is 2.62 bits per heavy atom. The van der Waals surface area contributed by atoms with Crippen molar-refractivity contribution in [1.29, 1.82) is 0 Å². The highest BCUT2D eigenvalue weighted by molar-refractivity contribution is 7.17. The van der Waals surface area contributed by atoms with Crippen LogP contribution in [0.5, 0.6) is 5.75 Å². The number of nitrogens with one attached hydrogen (secondary N) is 1. The summed E-state index contributed by atoms with van der Waals surface area (Å²) in [6.07, 6.45) is 0. The average Bonchev–Trinajstić information content (AvgIpc) is 3.19. The van der Waals surface area contributed by atoms with Crippen molar-refractivity contribution < 1.29 is 4.74 Å². The Morgan fingerprint density at radius 1 is 1.25 bits per heavy atom. The van der Waals surface area contributed by atoms with Crippen LogP contribution in [0.15, 0.2) is 34.7 Å². The maximum Gasteiger partial charge on any atom is 0.203 e.